The lowest BCUT2D eigenvalue weighted by Gasteiger charge is -2.37. The minimum atomic E-state index is 0.423. The van der Waals surface area contributed by atoms with Crippen LogP contribution < -0.4 is 5.32 Å². The van der Waals surface area contributed by atoms with Gasteiger partial charge in [-0.2, -0.15) is 0 Å². The minimum Gasteiger partial charge on any atom is -0.317 e. The predicted octanol–water partition coefficient (Wildman–Crippen LogP) is 2.25. The van der Waals surface area contributed by atoms with E-state index in [-0.39, 0.29) is 0 Å². The van der Waals surface area contributed by atoms with Crippen LogP contribution >= 0.6 is 0 Å². The zero-order valence-electron chi connectivity index (χ0n) is 10.4. The van der Waals surface area contributed by atoms with Crippen molar-refractivity contribution in [2.45, 2.75) is 64.6 Å². The van der Waals surface area contributed by atoms with Gasteiger partial charge in [0.1, 0.15) is 0 Å². The normalized spacial score (nSPS) is 26.4. The summed E-state index contributed by atoms with van der Waals surface area (Å²) < 4.78 is 0. The molecule has 0 aromatic heterocycles. The van der Waals surface area contributed by atoms with Gasteiger partial charge in [-0.3, -0.25) is 4.90 Å². The van der Waals surface area contributed by atoms with Gasteiger partial charge < -0.3 is 5.32 Å². The van der Waals surface area contributed by atoms with E-state index in [1.54, 1.807) is 0 Å². The van der Waals surface area contributed by atoms with Gasteiger partial charge in [0.05, 0.1) is 0 Å². The maximum Gasteiger partial charge on any atom is 0.0156 e. The fourth-order valence-electron chi connectivity index (χ4n) is 2.70. The van der Waals surface area contributed by atoms with Crippen LogP contribution in [0.15, 0.2) is 0 Å². The molecule has 1 aliphatic rings. The van der Waals surface area contributed by atoms with Crippen LogP contribution in [0, 0.1) is 0 Å². The molecule has 0 saturated carbocycles. The highest BCUT2D eigenvalue weighted by Crippen LogP contribution is 2.31. The summed E-state index contributed by atoms with van der Waals surface area (Å²) in [5.74, 6) is 0. The number of nitrogens with one attached hydrogen (secondary N) is 1. The maximum absolute atomic E-state index is 3.32. The van der Waals surface area contributed by atoms with Crippen molar-refractivity contribution in [1.82, 2.24) is 10.2 Å². The molecule has 0 aromatic rings. The molecule has 1 rings (SSSR count). The quantitative estimate of drug-likeness (QED) is 0.745. The SMILES string of the molecule is CNC(C)CC(C)N1CCCC1(C)C. The fourth-order valence-corrected chi connectivity index (χ4v) is 2.70. The summed E-state index contributed by atoms with van der Waals surface area (Å²) in [4.78, 5) is 2.67. The molecule has 2 nitrogen and oxygen atoms in total. The van der Waals surface area contributed by atoms with E-state index in [9.17, 15) is 0 Å². The number of hydrogen-bond donors (Lipinski definition) is 1. The van der Waals surface area contributed by atoms with Crippen molar-refractivity contribution in [1.29, 1.82) is 0 Å². The molecule has 0 bridgehead atoms. The van der Waals surface area contributed by atoms with Crippen molar-refractivity contribution in [2.75, 3.05) is 13.6 Å². The average Bonchev–Trinajstić information content (AvgIpc) is 2.45. The molecule has 1 aliphatic heterocycles. The van der Waals surface area contributed by atoms with Gasteiger partial charge in [0.15, 0.2) is 0 Å². The molecular formula is C12H26N2. The van der Waals surface area contributed by atoms with E-state index in [2.05, 4.69) is 37.9 Å². The average molecular weight is 198 g/mol. The van der Waals surface area contributed by atoms with Gasteiger partial charge in [-0.1, -0.05) is 0 Å². The summed E-state index contributed by atoms with van der Waals surface area (Å²) in [6, 6.07) is 1.33. The second kappa shape index (κ2) is 4.63. The van der Waals surface area contributed by atoms with E-state index in [4.69, 9.17) is 0 Å². The van der Waals surface area contributed by atoms with Gasteiger partial charge >= 0.3 is 0 Å². The van der Waals surface area contributed by atoms with Crippen LogP contribution in [0.5, 0.6) is 0 Å². The molecule has 2 heteroatoms. The van der Waals surface area contributed by atoms with Crippen molar-refractivity contribution in [3.8, 4) is 0 Å². The highest BCUT2D eigenvalue weighted by Gasteiger charge is 2.34. The summed E-state index contributed by atoms with van der Waals surface area (Å²) in [5.41, 5.74) is 0.423. The molecule has 2 atom stereocenters. The summed E-state index contributed by atoms with van der Waals surface area (Å²) in [6.07, 6.45) is 3.97. The maximum atomic E-state index is 3.32. The van der Waals surface area contributed by atoms with Crippen molar-refractivity contribution < 1.29 is 0 Å². The summed E-state index contributed by atoms with van der Waals surface area (Å²) in [7, 11) is 2.05. The van der Waals surface area contributed by atoms with E-state index in [0.717, 1.165) is 0 Å². The second-order valence-electron chi connectivity index (χ2n) is 5.38. The van der Waals surface area contributed by atoms with Gasteiger partial charge in [-0.15, -0.1) is 0 Å². The highest BCUT2D eigenvalue weighted by molar-refractivity contribution is 4.91. The fraction of sp³-hybridized carbons (Fsp3) is 1.00. The summed E-state index contributed by atoms with van der Waals surface area (Å²) in [6.45, 7) is 10.7. The Labute approximate surface area is 89.1 Å². The zero-order chi connectivity index (χ0) is 10.8. The molecule has 84 valence electrons. The lowest BCUT2D eigenvalue weighted by Crippen LogP contribution is -2.46. The molecule has 0 aromatic carbocycles. The number of likely N-dealkylation sites (tertiary alicyclic amines) is 1. The van der Waals surface area contributed by atoms with Crippen LogP contribution in [-0.2, 0) is 0 Å². The van der Waals surface area contributed by atoms with Gasteiger partial charge in [-0.05, 0) is 60.5 Å². The molecule has 14 heavy (non-hydrogen) atoms. The van der Waals surface area contributed by atoms with Crippen molar-refractivity contribution in [2.24, 2.45) is 0 Å². The number of nitrogens with zero attached hydrogens (tertiary/aromatic N) is 1. The van der Waals surface area contributed by atoms with Crippen molar-refractivity contribution in [3.05, 3.63) is 0 Å². The first-order valence-electron chi connectivity index (χ1n) is 5.91. The molecule has 1 saturated heterocycles. The lowest BCUT2D eigenvalue weighted by atomic mass is 9.99. The first-order valence-corrected chi connectivity index (χ1v) is 5.91. The van der Waals surface area contributed by atoms with Crippen LogP contribution in [0.4, 0.5) is 0 Å². The topological polar surface area (TPSA) is 15.3 Å². The van der Waals surface area contributed by atoms with Crippen LogP contribution in [0.3, 0.4) is 0 Å². The highest BCUT2D eigenvalue weighted by atomic mass is 15.2. The molecule has 1 heterocycles. The van der Waals surface area contributed by atoms with Crippen molar-refractivity contribution in [3.63, 3.8) is 0 Å². The van der Waals surface area contributed by atoms with Gasteiger partial charge in [0, 0.05) is 17.6 Å². The van der Waals surface area contributed by atoms with Crippen LogP contribution in [0.1, 0.15) is 47.0 Å². The molecule has 0 amide bonds. The Kier molecular flexibility index (Phi) is 3.96. The van der Waals surface area contributed by atoms with Gasteiger partial charge in [-0.25, -0.2) is 0 Å². The van der Waals surface area contributed by atoms with Crippen LogP contribution in [0.25, 0.3) is 0 Å². The molecule has 2 unspecified atom stereocenters. The first-order chi connectivity index (χ1) is 6.47. The van der Waals surface area contributed by atoms with E-state index in [1.165, 1.54) is 25.8 Å². The third-order valence-corrected chi connectivity index (χ3v) is 3.68. The number of rotatable bonds is 4. The Morgan fingerprint density at radius 3 is 2.43 bits per heavy atom. The molecule has 0 spiro atoms. The Hall–Kier alpha value is -0.0800. The summed E-state index contributed by atoms with van der Waals surface area (Å²) >= 11 is 0. The first kappa shape index (κ1) is 12.0. The molecular weight excluding hydrogens is 172 g/mol. The third-order valence-electron chi connectivity index (χ3n) is 3.68. The molecule has 1 N–H and O–H groups in total. The Morgan fingerprint density at radius 1 is 1.36 bits per heavy atom. The zero-order valence-corrected chi connectivity index (χ0v) is 10.4. The number of hydrogen-bond acceptors (Lipinski definition) is 2. The van der Waals surface area contributed by atoms with Gasteiger partial charge in [0.2, 0.25) is 0 Å². The minimum absolute atomic E-state index is 0.423. The van der Waals surface area contributed by atoms with Gasteiger partial charge in [0.25, 0.3) is 0 Å². The van der Waals surface area contributed by atoms with E-state index < -0.39 is 0 Å². The van der Waals surface area contributed by atoms with E-state index in [0.29, 0.717) is 17.6 Å². The largest absolute Gasteiger partial charge is 0.317 e. The van der Waals surface area contributed by atoms with Crippen LogP contribution in [0.2, 0.25) is 0 Å². The second-order valence-corrected chi connectivity index (χ2v) is 5.38. The molecule has 0 radical (unpaired) electrons. The standard InChI is InChI=1S/C12H26N2/c1-10(13-5)9-11(2)14-8-6-7-12(14,3)4/h10-11,13H,6-9H2,1-5H3. The Bertz CT molecular complexity index is 177. The molecule has 0 aliphatic carbocycles. The van der Waals surface area contributed by atoms with Crippen LogP contribution in [-0.4, -0.2) is 36.1 Å². The molecule has 1 fully saturated rings. The smallest absolute Gasteiger partial charge is 0.0156 e. The third kappa shape index (κ3) is 2.71. The van der Waals surface area contributed by atoms with E-state index >= 15 is 0 Å². The Morgan fingerprint density at radius 2 is 2.00 bits per heavy atom. The van der Waals surface area contributed by atoms with Crippen molar-refractivity contribution >= 4 is 0 Å². The lowest BCUT2D eigenvalue weighted by molar-refractivity contribution is 0.114. The predicted molar refractivity (Wildman–Crippen MR) is 62.6 cm³/mol. The Balaban J connectivity index is 2.47. The summed E-state index contributed by atoms with van der Waals surface area (Å²) in [5, 5.41) is 3.32. The van der Waals surface area contributed by atoms with E-state index in [1.807, 2.05) is 7.05 Å². The monoisotopic (exact) mass is 198 g/mol.